The molecule has 0 rings (SSSR count). The number of hydrogen-bond donors (Lipinski definition) is 0. The number of carbonyl (C=O) groups excluding carboxylic acids is 1. The lowest BCUT2D eigenvalue weighted by molar-refractivity contribution is -0.129. The zero-order chi connectivity index (χ0) is 15.8. The van der Waals surface area contributed by atoms with Crippen molar-refractivity contribution in [1.29, 1.82) is 0 Å². The molecule has 0 spiro atoms. The largest absolute Gasteiger partial charge is 0.346 e. The molecule has 0 fully saturated rings. The smallest absolute Gasteiger partial charge is 0.222 e. The van der Waals surface area contributed by atoms with Gasteiger partial charge in [0.1, 0.15) is 0 Å². The van der Waals surface area contributed by atoms with E-state index >= 15 is 0 Å². The summed E-state index contributed by atoms with van der Waals surface area (Å²) in [4.78, 5) is 13.4. The van der Waals surface area contributed by atoms with Gasteiger partial charge in [0.15, 0.2) is 0 Å². The summed E-state index contributed by atoms with van der Waals surface area (Å²) in [5.41, 5.74) is 0. The van der Waals surface area contributed by atoms with Crippen molar-refractivity contribution in [3.05, 3.63) is 0 Å². The van der Waals surface area contributed by atoms with Crippen molar-refractivity contribution < 1.29 is 4.79 Å². The van der Waals surface area contributed by atoms with Gasteiger partial charge in [0.05, 0.1) is 0 Å². The van der Waals surface area contributed by atoms with Gasteiger partial charge in [0, 0.05) is 20.0 Å². The molecule has 0 saturated carbocycles. The van der Waals surface area contributed by atoms with Crippen LogP contribution < -0.4 is 0 Å². The Bertz CT molecular complexity index is 228. The maximum atomic E-state index is 11.6. The number of amides is 1. The van der Waals surface area contributed by atoms with Crippen molar-refractivity contribution in [3.63, 3.8) is 0 Å². The fourth-order valence-electron chi connectivity index (χ4n) is 2.66. The quantitative estimate of drug-likeness (QED) is 0.342. The fourth-order valence-corrected chi connectivity index (χ4v) is 2.66. The van der Waals surface area contributed by atoms with E-state index in [0.717, 1.165) is 19.4 Å². The van der Waals surface area contributed by atoms with E-state index < -0.39 is 0 Å². The lowest BCUT2D eigenvalue weighted by Gasteiger charge is -2.13. The summed E-state index contributed by atoms with van der Waals surface area (Å²) < 4.78 is 0. The van der Waals surface area contributed by atoms with E-state index in [4.69, 9.17) is 0 Å². The summed E-state index contributed by atoms with van der Waals surface area (Å²) in [6.07, 6.45) is 18.4. The molecule has 0 saturated heterocycles. The zero-order valence-corrected chi connectivity index (χ0v) is 15.0. The van der Waals surface area contributed by atoms with Crippen molar-refractivity contribution in [1.82, 2.24) is 4.90 Å². The van der Waals surface area contributed by atoms with Gasteiger partial charge in [-0.25, -0.2) is 0 Å². The topological polar surface area (TPSA) is 20.3 Å². The molecule has 0 aliphatic rings. The van der Waals surface area contributed by atoms with E-state index in [1.807, 2.05) is 18.9 Å². The Morgan fingerprint density at radius 3 is 1.43 bits per heavy atom. The van der Waals surface area contributed by atoms with Gasteiger partial charge in [-0.3, -0.25) is 4.79 Å². The molecule has 2 heteroatoms. The molecule has 126 valence electrons. The summed E-state index contributed by atoms with van der Waals surface area (Å²) in [7, 11) is 1.89. The minimum atomic E-state index is 0.306. The minimum absolute atomic E-state index is 0.306. The van der Waals surface area contributed by atoms with E-state index in [1.54, 1.807) is 0 Å². The maximum Gasteiger partial charge on any atom is 0.222 e. The number of hydrogen-bond acceptors (Lipinski definition) is 1. The number of unbranched alkanes of at least 4 members (excludes halogenated alkanes) is 12. The molecule has 0 heterocycles. The number of carbonyl (C=O) groups is 1. The van der Waals surface area contributed by atoms with Gasteiger partial charge in [0.25, 0.3) is 0 Å². The fraction of sp³-hybridized carbons (Fsp3) is 0.947. The Balaban J connectivity index is 3.11. The maximum absolute atomic E-state index is 11.6. The molecular formula is C19H39NO. The Morgan fingerprint density at radius 2 is 1.05 bits per heavy atom. The van der Waals surface area contributed by atoms with E-state index in [9.17, 15) is 4.79 Å². The summed E-state index contributed by atoms with van der Waals surface area (Å²) >= 11 is 0. The van der Waals surface area contributed by atoms with Crippen LogP contribution in [0.15, 0.2) is 0 Å². The van der Waals surface area contributed by atoms with Crippen LogP contribution in [0.5, 0.6) is 0 Å². The van der Waals surface area contributed by atoms with Crippen molar-refractivity contribution in [2.24, 2.45) is 0 Å². The van der Waals surface area contributed by atoms with Gasteiger partial charge in [-0.1, -0.05) is 84.0 Å². The molecule has 2 nitrogen and oxygen atoms in total. The van der Waals surface area contributed by atoms with Crippen LogP contribution in [0.4, 0.5) is 0 Å². The molecule has 0 unspecified atom stereocenters. The highest BCUT2D eigenvalue weighted by molar-refractivity contribution is 5.75. The number of nitrogens with zero attached hydrogens (tertiary/aromatic N) is 1. The average Bonchev–Trinajstić information content (AvgIpc) is 2.50. The van der Waals surface area contributed by atoms with Crippen LogP contribution in [-0.4, -0.2) is 24.4 Å². The first-order valence-electron chi connectivity index (χ1n) is 9.46. The van der Waals surface area contributed by atoms with Crippen molar-refractivity contribution >= 4 is 5.91 Å². The second-order valence-corrected chi connectivity index (χ2v) is 6.40. The van der Waals surface area contributed by atoms with Crippen molar-refractivity contribution in [2.45, 2.75) is 104 Å². The van der Waals surface area contributed by atoms with Crippen LogP contribution in [0.2, 0.25) is 0 Å². The van der Waals surface area contributed by atoms with Gasteiger partial charge < -0.3 is 4.90 Å². The summed E-state index contributed by atoms with van der Waals surface area (Å²) in [6.45, 7) is 5.14. The minimum Gasteiger partial charge on any atom is -0.346 e. The summed E-state index contributed by atoms with van der Waals surface area (Å²) in [5.74, 6) is 0.306. The standard InChI is InChI=1S/C19H39NO/c1-4-6-7-8-9-10-11-12-13-14-15-16-17-18-19(21)20(3)5-2/h4-18H2,1-3H3. The monoisotopic (exact) mass is 297 g/mol. The molecule has 21 heavy (non-hydrogen) atoms. The highest BCUT2D eigenvalue weighted by Gasteiger charge is 2.04. The van der Waals surface area contributed by atoms with E-state index in [0.29, 0.717) is 5.91 Å². The van der Waals surface area contributed by atoms with E-state index in [1.165, 1.54) is 77.0 Å². The molecule has 0 aliphatic carbocycles. The molecular weight excluding hydrogens is 258 g/mol. The lowest BCUT2D eigenvalue weighted by atomic mass is 10.0. The van der Waals surface area contributed by atoms with E-state index in [-0.39, 0.29) is 0 Å². The van der Waals surface area contributed by atoms with Crippen LogP contribution in [0.1, 0.15) is 104 Å². The molecule has 0 bridgehead atoms. The van der Waals surface area contributed by atoms with Crippen LogP contribution in [-0.2, 0) is 4.79 Å². The average molecular weight is 298 g/mol. The van der Waals surface area contributed by atoms with Gasteiger partial charge >= 0.3 is 0 Å². The highest BCUT2D eigenvalue weighted by Crippen LogP contribution is 2.13. The molecule has 1 amide bonds. The third-order valence-electron chi connectivity index (χ3n) is 4.39. The van der Waals surface area contributed by atoms with Gasteiger partial charge in [-0.15, -0.1) is 0 Å². The highest BCUT2D eigenvalue weighted by atomic mass is 16.2. The van der Waals surface area contributed by atoms with Gasteiger partial charge in [0.2, 0.25) is 5.91 Å². The van der Waals surface area contributed by atoms with Crippen LogP contribution in [0.25, 0.3) is 0 Å². The van der Waals surface area contributed by atoms with Crippen LogP contribution in [0, 0.1) is 0 Å². The molecule has 0 N–H and O–H groups in total. The van der Waals surface area contributed by atoms with Crippen molar-refractivity contribution in [2.75, 3.05) is 13.6 Å². The number of rotatable bonds is 15. The molecule has 0 aliphatic heterocycles. The predicted octanol–water partition coefficient (Wildman–Crippen LogP) is 5.95. The molecule has 0 atom stereocenters. The Kier molecular flexibility index (Phi) is 15.5. The predicted molar refractivity (Wildman–Crippen MR) is 93.6 cm³/mol. The third kappa shape index (κ3) is 14.2. The summed E-state index contributed by atoms with van der Waals surface area (Å²) in [5, 5.41) is 0. The van der Waals surface area contributed by atoms with Crippen molar-refractivity contribution in [3.8, 4) is 0 Å². The Labute approximate surface area is 133 Å². The lowest BCUT2D eigenvalue weighted by Crippen LogP contribution is -2.25. The zero-order valence-electron chi connectivity index (χ0n) is 15.0. The second-order valence-electron chi connectivity index (χ2n) is 6.40. The van der Waals surface area contributed by atoms with Crippen LogP contribution in [0.3, 0.4) is 0 Å². The normalized spacial score (nSPS) is 10.8. The second kappa shape index (κ2) is 15.9. The molecule has 0 aromatic heterocycles. The SMILES string of the molecule is CCCCCCCCCCCCCCCC(=O)N(C)CC. The van der Waals surface area contributed by atoms with Gasteiger partial charge in [-0.2, -0.15) is 0 Å². The van der Waals surface area contributed by atoms with Gasteiger partial charge in [-0.05, 0) is 13.3 Å². The Hall–Kier alpha value is -0.530. The Morgan fingerprint density at radius 1 is 0.667 bits per heavy atom. The third-order valence-corrected chi connectivity index (χ3v) is 4.39. The molecule has 0 aromatic rings. The van der Waals surface area contributed by atoms with Crippen LogP contribution >= 0.6 is 0 Å². The first-order chi connectivity index (χ1) is 10.2. The first-order valence-corrected chi connectivity index (χ1v) is 9.46. The first kappa shape index (κ1) is 20.5. The molecule has 0 aromatic carbocycles. The van der Waals surface area contributed by atoms with E-state index in [2.05, 4.69) is 6.92 Å². The summed E-state index contributed by atoms with van der Waals surface area (Å²) in [6, 6.07) is 0. The molecule has 0 radical (unpaired) electrons.